The van der Waals surface area contributed by atoms with Crippen LogP contribution in [0.3, 0.4) is 0 Å². The number of H-pyrrole nitrogens is 1. The van der Waals surface area contributed by atoms with Gasteiger partial charge in [-0.3, -0.25) is 9.36 Å². The van der Waals surface area contributed by atoms with Crippen LogP contribution in [0, 0.1) is 0 Å². The lowest BCUT2D eigenvalue weighted by Gasteiger charge is -2.35. The van der Waals surface area contributed by atoms with Crippen molar-refractivity contribution in [3.05, 3.63) is 103 Å². The average Bonchev–Trinajstić information content (AvgIpc) is 3.92. The number of aliphatic hydroxyl groups is 2. The summed E-state index contributed by atoms with van der Waals surface area (Å²) in [6.07, 6.45) is 3.35. The number of rotatable bonds is 16. The van der Waals surface area contributed by atoms with Gasteiger partial charge in [-0.25, -0.2) is 9.59 Å². The number of carbonyl (C=O) groups is 2. The number of anilines is 1. The molecule has 2 aromatic carbocycles. The predicted molar refractivity (Wildman–Crippen MR) is 198 cm³/mol. The summed E-state index contributed by atoms with van der Waals surface area (Å²) in [5, 5.41) is 41.3. The molecule has 1 amide bonds. The number of aromatic amines is 1. The van der Waals surface area contributed by atoms with Crippen molar-refractivity contribution >= 4 is 51.8 Å². The van der Waals surface area contributed by atoms with Crippen molar-refractivity contribution in [2.24, 2.45) is 0 Å². The van der Waals surface area contributed by atoms with Gasteiger partial charge in [0.1, 0.15) is 11.9 Å². The lowest BCUT2D eigenvalue weighted by molar-refractivity contribution is -0.169. The molecule has 6 N–H and O–H groups in total. The number of ether oxygens (including phenoxy) is 1. The van der Waals surface area contributed by atoms with Gasteiger partial charge < -0.3 is 40.6 Å². The van der Waals surface area contributed by atoms with Crippen molar-refractivity contribution in [3.63, 3.8) is 0 Å². The molecule has 6 rings (SSSR count). The molecular formula is C37H43N5O7S2. The van der Waals surface area contributed by atoms with E-state index < -0.39 is 17.7 Å². The van der Waals surface area contributed by atoms with Crippen LogP contribution in [0.1, 0.15) is 59.1 Å². The number of nitrogens with one attached hydrogen (secondary N) is 3. The quantitative estimate of drug-likeness (QED) is 0.0480. The van der Waals surface area contributed by atoms with Gasteiger partial charge in [0, 0.05) is 25.7 Å². The fraction of sp³-hybridized carbons (Fsp3) is 0.378. The highest BCUT2D eigenvalue weighted by atomic mass is 32.1. The summed E-state index contributed by atoms with van der Waals surface area (Å²) in [4.78, 5) is 43.4. The zero-order valence-corrected chi connectivity index (χ0v) is 29.9. The lowest BCUT2D eigenvalue weighted by atomic mass is 9.91. The number of phenols is 1. The Balaban J connectivity index is 0.958. The first kappa shape index (κ1) is 36.5. The fourth-order valence-electron chi connectivity index (χ4n) is 6.75. The van der Waals surface area contributed by atoms with Crippen LogP contribution in [0.4, 0.5) is 5.69 Å². The Morgan fingerprint density at radius 1 is 1.10 bits per heavy atom. The van der Waals surface area contributed by atoms with E-state index in [9.17, 15) is 29.7 Å². The van der Waals surface area contributed by atoms with Gasteiger partial charge in [-0.15, -0.1) is 22.7 Å². The number of benzene rings is 2. The van der Waals surface area contributed by atoms with Crippen molar-refractivity contribution in [2.45, 2.75) is 69.0 Å². The zero-order chi connectivity index (χ0) is 36.0. The van der Waals surface area contributed by atoms with Crippen LogP contribution in [0.15, 0.2) is 76.2 Å². The Labute approximate surface area is 303 Å². The number of amides is 1. The third-order valence-corrected chi connectivity index (χ3v) is 11.6. The summed E-state index contributed by atoms with van der Waals surface area (Å²) in [6, 6.07) is 17.9. The monoisotopic (exact) mass is 733 g/mol. The maximum atomic E-state index is 13.4. The minimum absolute atomic E-state index is 0.0810. The first-order chi connectivity index (χ1) is 24.7. The Morgan fingerprint density at radius 2 is 1.82 bits per heavy atom. The van der Waals surface area contributed by atoms with Gasteiger partial charge in [0.2, 0.25) is 12.0 Å². The number of carbonyl (C=O) groups excluding carboxylic acids is 2. The first-order valence-corrected chi connectivity index (χ1v) is 18.8. The van der Waals surface area contributed by atoms with Gasteiger partial charge in [0.15, 0.2) is 0 Å². The summed E-state index contributed by atoms with van der Waals surface area (Å²) in [5.41, 5.74) is 1.34. The van der Waals surface area contributed by atoms with Crippen molar-refractivity contribution in [3.8, 4) is 5.75 Å². The number of aromatic hydroxyl groups is 1. The molecule has 1 fully saturated rings. The molecule has 0 unspecified atom stereocenters. The molecule has 3 aromatic heterocycles. The average molecular weight is 734 g/mol. The molecular weight excluding hydrogens is 691 g/mol. The number of aromatic nitrogens is 2. The van der Waals surface area contributed by atoms with Gasteiger partial charge in [-0.05, 0) is 104 Å². The minimum Gasteiger partial charge on any atom is -0.506 e. The van der Waals surface area contributed by atoms with Crippen LogP contribution in [0.25, 0.3) is 11.0 Å². The standard InChI is InChI=1S/C37H43N5O7S2/c1-41(26-9-11-27(12-10-26)49-35(46)37(48,33-5-2-17-50-33)34-6-3-18-51-34)15-4-16-42-30-13-7-24(19-28(30)40-36(42)47)21-38-22-32(45)25-8-14-31(44)29(20-25)39-23-43/h2-3,5-8,13-14,17-20,23,26-27,32,38,44-45,48H,4,9-12,15-16,21-22H2,1H3,(H,39,43)(H,40,47)/t26?,27?,32-/m0/s1. The molecule has 1 atom stereocenters. The van der Waals surface area contributed by atoms with Crippen LogP contribution in [0.5, 0.6) is 5.75 Å². The molecule has 0 saturated heterocycles. The van der Waals surface area contributed by atoms with Crippen LogP contribution in [-0.2, 0) is 33.0 Å². The lowest BCUT2D eigenvalue weighted by Crippen LogP contribution is -2.42. The van der Waals surface area contributed by atoms with Crippen molar-refractivity contribution < 1.29 is 29.6 Å². The highest BCUT2D eigenvalue weighted by Gasteiger charge is 2.45. The maximum Gasteiger partial charge on any atom is 0.349 e. The number of fused-ring (bicyclic) bond motifs is 1. The number of nitrogens with zero attached hydrogens (tertiary/aromatic N) is 2. The molecule has 0 aliphatic heterocycles. The van der Waals surface area contributed by atoms with Crippen LogP contribution in [-0.4, -0.2) is 74.4 Å². The Bertz CT molecular complexity index is 1930. The number of esters is 1. The topological polar surface area (TPSA) is 169 Å². The van der Waals surface area contributed by atoms with Gasteiger partial charge in [0.25, 0.3) is 0 Å². The number of aliphatic hydroxyl groups excluding tert-OH is 1. The zero-order valence-electron chi connectivity index (χ0n) is 28.3. The summed E-state index contributed by atoms with van der Waals surface area (Å²) in [7, 11) is 2.10. The molecule has 1 aliphatic carbocycles. The predicted octanol–water partition coefficient (Wildman–Crippen LogP) is 4.66. The summed E-state index contributed by atoms with van der Waals surface area (Å²) in [5.74, 6) is -0.701. The third-order valence-electron chi connectivity index (χ3n) is 9.61. The molecule has 14 heteroatoms. The number of thiophene rings is 2. The molecule has 1 saturated carbocycles. The molecule has 0 spiro atoms. The fourth-order valence-corrected chi connectivity index (χ4v) is 8.46. The van der Waals surface area contributed by atoms with E-state index in [1.807, 2.05) is 41.1 Å². The van der Waals surface area contributed by atoms with E-state index in [1.54, 1.807) is 22.8 Å². The maximum absolute atomic E-state index is 13.4. The minimum atomic E-state index is -1.80. The summed E-state index contributed by atoms with van der Waals surface area (Å²) < 4.78 is 7.68. The number of imidazole rings is 1. The van der Waals surface area contributed by atoms with Crippen LogP contribution >= 0.6 is 22.7 Å². The Morgan fingerprint density at radius 3 is 2.49 bits per heavy atom. The van der Waals surface area contributed by atoms with E-state index in [0.29, 0.717) is 40.9 Å². The van der Waals surface area contributed by atoms with E-state index in [2.05, 4.69) is 27.6 Å². The van der Waals surface area contributed by atoms with Crippen molar-refractivity contribution in [1.82, 2.24) is 19.8 Å². The molecule has 51 heavy (non-hydrogen) atoms. The number of phenolic OH excluding ortho intramolecular Hbond substituents is 1. The summed E-state index contributed by atoms with van der Waals surface area (Å²) >= 11 is 2.67. The molecule has 12 nitrogen and oxygen atoms in total. The van der Waals surface area contributed by atoms with Crippen LogP contribution in [0.2, 0.25) is 0 Å². The van der Waals surface area contributed by atoms with E-state index >= 15 is 0 Å². The Hall–Kier alpha value is -4.31. The van der Waals surface area contributed by atoms with Crippen LogP contribution < -0.4 is 16.3 Å². The Kier molecular flexibility index (Phi) is 11.7. The third kappa shape index (κ3) is 8.27. The summed E-state index contributed by atoms with van der Waals surface area (Å²) in [6.45, 7) is 2.09. The molecule has 1 aliphatic rings. The van der Waals surface area contributed by atoms with E-state index in [1.165, 1.54) is 34.8 Å². The normalized spacial score (nSPS) is 17.1. The van der Waals surface area contributed by atoms with E-state index in [4.69, 9.17) is 4.74 Å². The van der Waals surface area contributed by atoms with Crippen molar-refractivity contribution in [1.29, 1.82) is 0 Å². The van der Waals surface area contributed by atoms with Gasteiger partial charge in [-0.1, -0.05) is 24.3 Å². The second-order valence-corrected chi connectivity index (χ2v) is 14.8. The smallest absolute Gasteiger partial charge is 0.349 e. The van der Waals surface area contributed by atoms with E-state index in [0.717, 1.165) is 55.2 Å². The highest BCUT2D eigenvalue weighted by Crippen LogP contribution is 2.38. The number of hydrogen-bond acceptors (Lipinski definition) is 11. The molecule has 0 bridgehead atoms. The van der Waals surface area contributed by atoms with Gasteiger partial charge in [-0.2, -0.15) is 0 Å². The van der Waals surface area contributed by atoms with Gasteiger partial charge >= 0.3 is 11.7 Å². The first-order valence-electron chi connectivity index (χ1n) is 17.0. The SMILES string of the molecule is CN(CCCn1c(=O)[nH]c2cc(CNC[C@H](O)c3ccc(O)c(NC=O)c3)ccc21)C1CCC(OC(=O)C(O)(c2cccs2)c2cccs2)CC1. The molecule has 0 radical (unpaired) electrons. The largest absolute Gasteiger partial charge is 0.506 e. The second kappa shape index (κ2) is 16.4. The van der Waals surface area contributed by atoms with Crippen molar-refractivity contribution in [2.75, 3.05) is 25.5 Å². The van der Waals surface area contributed by atoms with E-state index in [-0.39, 0.29) is 29.8 Å². The highest BCUT2D eigenvalue weighted by molar-refractivity contribution is 7.12. The molecule has 5 aromatic rings. The van der Waals surface area contributed by atoms with Gasteiger partial charge in [0.05, 0.1) is 32.6 Å². The molecule has 3 heterocycles. The molecule has 270 valence electrons. The number of hydrogen-bond donors (Lipinski definition) is 6. The number of aryl methyl sites for hydroxylation is 1. The second-order valence-electron chi connectivity index (χ2n) is 13.0.